The first-order chi connectivity index (χ1) is 15.0. The maximum Gasteiger partial charge on any atom is 0.307 e. The highest BCUT2D eigenvalue weighted by atomic mass is 35.5. The molecular formula is C22H22ClN5O3. The minimum atomic E-state index is -0.473. The highest BCUT2D eigenvalue weighted by Crippen LogP contribution is 2.19. The lowest BCUT2D eigenvalue weighted by Crippen LogP contribution is -2.48. The van der Waals surface area contributed by atoms with Gasteiger partial charge in [0.05, 0.1) is 11.5 Å². The molecule has 1 saturated heterocycles. The number of rotatable bonds is 6. The number of hydrogen-bond acceptors (Lipinski definition) is 5. The third-order valence-corrected chi connectivity index (χ3v) is 5.76. The lowest BCUT2D eigenvalue weighted by molar-refractivity contribution is -0.385. The Morgan fingerprint density at radius 3 is 2.39 bits per heavy atom. The largest absolute Gasteiger partial charge is 0.336 e. The molecular weight excluding hydrogens is 418 g/mol. The Morgan fingerprint density at radius 1 is 1.03 bits per heavy atom. The third-order valence-electron chi connectivity index (χ3n) is 5.39. The third kappa shape index (κ3) is 5.10. The molecule has 0 radical (unpaired) electrons. The minimum Gasteiger partial charge on any atom is -0.336 e. The van der Waals surface area contributed by atoms with E-state index in [0.717, 1.165) is 35.8 Å². The average Bonchev–Trinajstić information content (AvgIpc) is 3.25. The first-order valence-electron chi connectivity index (χ1n) is 10.0. The van der Waals surface area contributed by atoms with Crippen LogP contribution in [-0.4, -0.2) is 56.6 Å². The number of benzene rings is 2. The van der Waals surface area contributed by atoms with Gasteiger partial charge in [0.2, 0.25) is 0 Å². The maximum absolute atomic E-state index is 12.9. The van der Waals surface area contributed by atoms with Crippen LogP contribution in [0.1, 0.15) is 21.5 Å². The number of carbonyl (C=O) groups excluding carboxylic acids is 1. The summed E-state index contributed by atoms with van der Waals surface area (Å²) in [7, 11) is 0. The Bertz CT molecular complexity index is 1070. The standard InChI is InChI=1S/C22H22ClN5O3/c23-21-4-2-1-3-19(21)15-25-9-11-26(12-10-25)22(29)18-7-5-17(6-8-18)14-27-16-20(13-24-27)28(30)31/h1-8,13,16H,9-12,14-15H2. The van der Waals surface area contributed by atoms with E-state index in [1.54, 1.807) is 12.1 Å². The van der Waals surface area contributed by atoms with Crippen LogP contribution in [-0.2, 0) is 13.1 Å². The normalized spacial score (nSPS) is 14.5. The first-order valence-corrected chi connectivity index (χ1v) is 10.4. The van der Waals surface area contributed by atoms with Gasteiger partial charge in [-0.05, 0) is 29.3 Å². The van der Waals surface area contributed by atoms with E-state index in [9.17, 15) is 14.9 Å². The zero-order chi connectivity index (χ0) is 21.8. The van der Waals surface area contributed by atoms with Gasteiger partial charge in [0.25, 0.3) is 5.91 Å². The summed E-state index contributed by atoms with van der Waals surface area (Å²) in [5, 5.41) is 15.5. The monoisotopic (exact) mass is 439 g/mol. The van der Waals surface area contributed by atoms with Gasteiger partial charge in [-0.3, -0.25) is 24.5 Å². The quantitative estimate of drug-likeness (QED) is 0.434. The van der Waals surface area contributed by atoms with E-state index in [0.29, 0.717) is 25.2 Å². The highest BCUT2D eigenvalue weighted by Gasteiger charge is 2.22. The van der Waals surface area contributed by atoms with Crippen molar-refractivity contribution < 1.29 is 9.72 Å². The lowest BCUT2D eigenvalue weighted by Gasteiger charge is -2.35. The number of carbonyl (C=O) groups is 1. The van der Waals surface area contributed by atoms with Crippen LogP contribution < -0.4 is 0 Å². The Hall–Kier alpha value is -3.23. The zero-order valence-electron chi connectivity index (χ0n) is 16.9. The topological polar surface area (TPSA) is 84.5 Å². The van der Waals surface area contributed by atoms with Gasteiger partial charge in [-0.15, -0.1) is 0 Å². The van der Waals surface area contributed by atoms with Crippen molar-refractivity contribution in [2.75, 3.05) is 26.2 Å². The number of nitrogens with zero attached hydrogens (tertiary/aromatic N) is 5. The molecule has 1 aliphatic heterocycles. The molecule has 2 heterocycles. The summed E-state index contributed by atoms with van der Waals surface area (Å²) >= 11 is 6.25. The van der Waals surface area contributed by atoms with Crippen molar-refractivity contribution in [3.05, 3.63) is 92.8 Å². The van der Waals surface area contributed by atoms with E-state index in [1.165, 1.54) is 17.1 Å². The number of halogens is 1. The Labute approximate surface area is 184 Å². The molecule has 9 heteroatoms. The van der Waals surface area contributed by atoms with Gasteiger partial charge in [-0.25, -0.2) is 0 Å². The number of hydrogen-bond donors (Lipinski definition) is 0. The molecule has 1 amide bonds. The summed E-state index contributed by atoms with van der Waals surface area (Å²) in [5.41, 5.74) is 2.61. The van der Waals surface area contributed by atoms with Gasteiger partial charge in [-0.2, -0.15) is 5.10 Å². The second kappa shape index (κ2) is 9.28. The molecule has 0 atom stereocenters. The van der Waals surface area contributed by atoms with E-state index < -0.39 is 4.92 Å². The number of amides is 1. The van der Waals surface area contributed by atoms with Crippen LogP contribution in [0.3, 0.4) is 0 Å². The van der Waals surface area contributed by atoms with Gasteiger partial charge in [0, 0.05) is 43.3 Å². The Morgan fingerprint density at radius 2 is 1.74 bits per heavy atom. The van der Waals surface area contributed by atoms with Crippen LogP contribution in [0, 0.1) is 10.1 Å². The summed E-state index contributed by atoms with van der Waals surface area (Å²) < 4.78 is 1.51. The zero-order valence-corrected chi connectivity index (χ0v) is 17.6. The van der Waals surface area contributed by atoms with Gasteiger partial charge in [0.15, 0.2) is 0 Å². The molecule has 1 fully saturated rings. The fourth-order valence-electron chi connectivity index (χ4n) is 3.63. The van der Waals surface area contributed by atoms with Gasteiger partial charge in [0.1, 0.15) is 12.4 Å². The van der Waals surface area contributed by atoms with Crippen LogP contribution in [0.4, 0.5) is 5.69 Å². The second-order valence-electron chi connectivity index (χ2n) is 7.51. The molecule has 31 heavy (non-hydrogen) atoms. The van der Waals surface area contributed by atoms with Crippen molar-refractivity contribution in [3.8, 4) is 0 Å². The molecule has 0 bridgehead atoms. The number of nitro groups is 1. The van der Waals surface area contributed by atoms with Crippen molar-refractivity contribution in [3.63, 3.8) is 0 Å². The maximum atomic E-state index is 12.9. The molecule has 0 N–H and O–H groups in total. The molecule has 0 saturated carbocycles. The van der Waals surface area contributed by atoms with Gasteiger partial charge in [-0.1, -0.05) is 41.9 Å². The molecule has 160 valence electrons. The molecule has 1 aromatic heterocycles. The van der Waals surface area contributed by atoms with Crippen LogP contribution >= 0.6 is 11.6 Å². The van der Waals surface area contributed by atoms with Crippen molar-refractivity contribution in [1.82, 2.24) is 19.6 Å². The molecule has 0 aliphatic carbocycles. The fraction of sp³-hybridized carbons (Fsp3) is 0.273. The summed E-state index contributed by atoms with van der Waals surface area (Å²) in [6.45, 7) is 4.12. The van der Waals surface area contributed by atoms with Crippen molar-refractivity contribution >= 4 is 23.2 Å². The van der Waals surface area contributed by atoms with Crippen molar-refractivity contribution in [2.24, 2.45) is 0 Å². The van der Waals surface area contributed by atoms with Gasteiger partial charge < -0.3 is 4.90 Å². The smallest absolute Gasteiger partial charge is 0.307 e. The Balaban J connectivity index is 1.31. The lowest BCUT2D eigenvalue weighted by atomic mass is 10.1. The van der Waals surface area contributed by atoms with Crippen molar-refractivity contribution in [1.29, 1.82) is 0 Å². The molecule has 0 spiro atoms. The van der Waals surface area contributed by atoms with Crippen LogP contribution in [0.15, 0.2) is 60.9 Å². The number of aromatic nitrogens is 2. The predicted molar refractivity (Wildman–Crippen MR) is 117 cm³/mol. The van der Waals surface area contributed by atoms with Crippen LogP contribution in [0.5, 0.6) is 0 Å². The van der Waals surface area contributed by atoms with Crippen LogP contribution in [0.25, 0.3) is 0 Å². The molecule has 2 aromatic carbocycles. The Kier molecular flexibility index (Phi) is 6.29. The summed E-state index contributed by atoms with van der Waals surface area (Å²) in [6.07, 6.45) is 2.62. The first kappa shape index (κ1) is 21.0. The fourth-order valence-corrected chi connectivity index (χ4v) is 3.83. The number of piperazine rings is 1. The molecule has 0 unspecified atom stereocenters. The molecule has 3 aromatic rings. The molecule has 1 aliphatic rings. The van der Waals surface area contributed by atoms with Gasteiger partial charge >= 0.3 is 5.69 Å². The minimum absolute atomic E-state index is 0.0127. The predicted octanol–water partition coefficient (Wildman–Crippen LogP) is 3.45. The van der Waals surface area contributed by atoms with E-state index >= 15 is 0 Å². The van der Waals surface area contributed by atoms with E-state index in [1.807, 2.05) is 41.3 Å². The van der Waals surface area contributed by atoms with E-state index in [-0.39, 0.29) is 11.6 Å². The van der Waals surface area contributed by atoms with E-state index in [2.05, 4.69) is 10.00 Å². The molecule has 8 nitrogen and oxygen atoms in total. The van der Waals surface area contributed by atoms with Crippen molar-refractivity contribution in [2.45, 2.75) is 13.1 Å². The molecule has 4 rings (SSSR count). The van der Waals surface area contributed by atoms with E-state index in [4.69, 9.17) is 11.6 Å². The summed E-state index contributed by atoms with van der Waals surface area (Å²) in [5.74, 6) is 0.0127. The second-order valence-corrected chi connectivity index (χ2v) is 7.92. The average molecular weight is 440 g/mol. The summed E-state index contributed by atoms with van der Waals surface area (Å²) in [4.78, 5) is 27.3. The summed E-state index contributed by atoms with van der Waals surface area (Å²) in [6, 6.07) is 15.1. The highest BCUT2D eigenvalue weighted by molar-refractivity contribution is 6.31. The van der Waals surface area contributed by atoms with Crippen LogP contribution in [0.2, 0.25) is 5.02 Å². The SMILES string of the molecule is O=C(c1ccc(Cn2cc([N+](=O)[O-])cn2)cc1)N1CCN(Cc2ccccc2Cl)CC1.